The lowest BCUT2D eigenvalue weighted by Gasteiger charge is -2.37. The number of aromatic nitrogens is 4. The van der Waals surface area contributed by atoms with Crippen molar-refractivity contribution in [2.75, 3.05) is 25.1 Å². The first kappa shape index (κ1) is 37.5. The number of halogens is 2. The van der Waals surface area contributed by atoms with E-state index < -0.39 is 53.4 Å². The number of nitrogens with one attached hydrogen (secondary N) is 3. The molecule has 2 aliphatic heterocycles. The summed E-state index contributed by atoms with van der Waals surface area (Å²) in [6.07, 6.45) is 8.71. The largest absolute Gasteiger partial charge is 0.481 e. The third kappa shape index (κ3) is 7.98. The maximum Gasteiger partial charge on any atom is 0.407 e. The lowest BCUT2D eigenvalue weighted by atomic mass is 9.83. The zero-order chi connectivity index (χ0) is 38.3. The predicted octanol–water partition coefficient (Wildman–Crippen LogP) is 5.00. The van der Waals surface area contributed by atoms with E-state index in [9.17, 15) is 23.9 Å². The molecule has 2 spiro atoms. The van der Waals surface area contributed by atoms with Crippen LogP contribution in [0, 0.1) is 30.5 Å². The van der Waals surface area contributed by atoms with Crippen molar-refractivity contribution >= 4 is 35.5 Å². The fraction of sp³-hybridized carbons (Fsp3) is 0.568. The van der Waals surface area contributed by atoms with Gasteiger partial charge in [-0.05, 0) is 75.1 Å². The van der Waals surface area contributed by atoms with Crippen LogP contribution in [-0.2, 0) is 28.8 Å². The second-order valence-electron chi connectivity index (χ2n) is 15.2. The maximum absolute atomic E-state index is 14.5. The smallest absolute Gasteiger partial charge is 0.407 e. The Morgan fingerprint density at radius 3 is 2.75 bits per heavy atom. The Morgan fingerprint density at radius 1 is 1.13 bits per heavy atom. The number of amides is 2. The minimum Gasteiger partial charge on any atom is -0.481 e. The molecule has 4 heterocycles. The van der Waals surface area contributed by atoms with E-state index in [0.29, 0.717) is 69.1 Å². The molecule has 4 N–H and O–H groups in total. The predicted molar refractivity (Wildman–Crippen MR) is 190 cm³/mol. The summed E-state index contributed by atoms with van der Waals surface area (Å²) >= 11 is 6.18. The first-order valence-electron chi connectivity index (χ1n) is 18.7. The first-order valence-corrected chi connectivity index (χ1v) is 19.1. The number of anilines is 1. The quantitative estimate of drug-likeness (QED) is 0.201. The molecular formula is C37H43ClFN7O9. The second kappa shape index (κ2) is 15.3. The summed E-state index contributed by atoms with van der Waals surface area (Å²) in [7, 11) is 0. The van der Waals surface area contributed by atoms with Gasteiger partial charge in [-0.1, -0.05) is 11.6 Å². The van der Waals surface area contributed by atoms with E-state index in [-0.39, 0.29) is 41.6 Å². The van der Waals surface area contributed by atoms with Gasteiger partial charge < -0.3 is 35.3 Å². The summed E-state index contributed by atoms with van der Waals surface area (Å²) in [5.41, 5.74) is 1.13. The Labute approximate surface area is 320 Å². The number of aliphatic carboxylic acids is 1. The third-order valence-electron chi connectivity index (χ3n) is 11.3. The second-order valence-corrected chi connectivity index (χ2v) is 15.7. The van der Waals surface area contributed by atoms with Crippen LogP contribution >= 0.6 is 11.6 Å². The van der Waals surface area contributed by atoms with Gasteiger partial charge in [0.1, 0.15) is 29.8 Å². The van der Waals surface area contributed by atoms with E-state index in [1.165, 1.54) is 24.7 Å². The summed E-state index contributed by atoms with van der Waals surface area (Å²) in [5, 5.41) is 18.7. The van der Waals surface area contributed by atoms with Gasteiger partial charge in [-0.15, -0.1) is 0 Å². The molecule has 16 nitrogen and oxygen atoms in total. The number of benzene rings is 1. The average Bonchev–Trinajstić information content (AvgIpc) is 3.95. The highest BCUT2D eigenvalue weighted by Gasteiger charge is 2.67. The third-order valence-corrected chi connectivity index (χ3v) is 11.5. The molecule has 3 aliphatic carbocycles. The summed E-state index contributed by atoms with van der Waals surface area (Å²) in [6.45, 7) is 3.01. The van der Waals surface area contributed by atoms with Gasteiger partial charge in [-0.2, -0.15) is 14.8 Å². The van der Waals surface area contributed by atoms with Gasteiger partial charge in [-0.3, -0.25) is 14.2 Å². The molecule has 2 saturated heterocycles. The highest BCUT2D eigenvalue weighted by Crippen LogP contribution is 2.61. The minimum atomic E-state index is -1.16. The van der Waals surface area contributed by atoms with E-state index >= 15 is 0 Å². The van der Waals surface area contributed by atoms with Crippen molar-refractivity contribution in [2.45, 2.75) is 94.5 Å². The molecular weight excluding hydrogens is 741 g/mol. The highest BCUT2D eigenvalue weighted by atomic mass is 35.5. The molecule has 4 unspecified atom stereocenters. The molecule has 18 heteroatoms. The minimum absolute atomic E-state index is 0.0567. The van der Waals surface area contributed by atoms with Crippen LogP contribution in [0.2, 0.25) is 5.02 Å². The molecule has 7 atom stereocenters. The Morgan fingerprint density at radius 2 is 1.96 bits per heavy atom. The van der Waals surface area contributed by atoms with Crippen LogP contribution in [0.3, 0.4) is 0 Å². The zero-order valence-electron chi connectivity index (χ0n) is 30.2. The number of alkyl carbamates (subject to hydrolysis) is 1. The van der Waals surface area contributed by atoms with E-state index in [1.807, 2.05) is 6.92 Å². The molecule has 294 valence electrons. The van der Waals surface area contributed by atoms with Gasteiger partial charge in [0.05, 0.1) is 12.0 Å². The standard InChI is InChI=1S/C37H43ClFN7O9/c1-20-16-40-34(43-25-4-7-51-8-5-25)45-31(20)46-18-30(42-19-46)32(47)44-29(22-11-23(38)13-24(39)12-22)17-41-35(50)52-26-3-2-6-36(15-26)53-37(55-54-36)14-21-9-27(33(48)49)28(37)10-21/h11-13,16,18-19,21,25-29H,2-10,14-15,17H2,1H3,(H,41,50)(H,44,47)(H,48,49)(H,40,43,45)/t21?,26-,27?,28?,29-,36-,37?/m1/s1. The molecule has 3 saturated carbocycles. The van der Waals surface area contributed by atoms with Crippen molar-refractivity contribution in [2.24, 2.45) is 17.8 Å². The van der Waals surface area contributed by atoms with Gasteiger partial charge in [0, 0.05) is 74.0 Å². The zero-order valence-corrected chi connectivity index (χ0v) is 30.9. The number of imidazole rings is 1. The van der Waals surface area contributed by atoms with Crippen LogP contribution in [-0.4, -0.2) is 86.1 Å². The number of nitrogens with zero attached hydrogens (tertiary/aromatic N) is 4. The fourth-order valence-electron chi connectivity index (χ4n) is 8.73. The molecule has 5 fully saturated rings. The van der Waals surface area contributed by atoms with E-state index in [2.05, 4.69) is 30.9 Å². The van der Waals surface area contributed by atoms with E-state index in [4.69, 9.17) is 35.6 Å². The maximum atomic E-state index is 14.5. The molecule has 5 aliphatic rings. The summed E-state index contributed by atoms with van der Waals surface area (Å²) in [4.78, 5) is 63.6. The molecule has 3 aromatic rings. The molecule has 0 radical (unpaired) electrons. The van der Waals surface area contributed by atoms with Gasteiger partial charge >= 0.3 is 12.1 Å². The number of carbonyl (C=O) groups is 3. The molecule has 2 amide bonds. The van der Waals surface area contributed by atoms with Crippen molar-refractivity contribution in [3.05, 3.63) is 64.6 Å². The number of hydrogen-bond donors (Lipinski definition) is 4. The van der Waals surface area contributed by atoms with Crippen molar-refractivity contribution in [3.8, 4) is 5.82 Å². The molecule has 1 aromatic carbocycles. The number of ether oxygens (including phenoxy) is 3. The van der Waals surface area contributed by atoms with Gasteiger partial charge in [0.2, 0.25) is 17.5 Å². The Kier molecular flexibility index (Phi) is 10.4. The molecule has 2 aromatic heterocycles. The summed E-state index contributed by atoms with van der Waals surface area (Å²) < 4.78 is 33.8. The van der Waals surface area contributed by atoms with Crippen LogP contribution in [0.25, 0.3) is 5.82 Å². The normalized spacial score (nSPS) is 29.4. The monoisotopic (exact) mass is 783 g/mol. The first-order chi connectivity index (χ1) is 26.5. The number of fused-ring (bicyclic) bond motifs is 3. The number of rotatable bonds is 10. The van der Waals surface area contributed by atoms with E-state index in [1.54, 1.807) is 10.8 Å². The fourth-order valence-corrected chi connectivity index (χ4v) is 8.96. The van der Waals surface area contributed by atoms with Gasteiger partial charge in [0.25, 0.3) is 5.91 Å². The summed E-state index contributed by atoms with van der Waals surface area (Å²) in [5.74, 6) is -4.06. The van der Waals surface area contributed by atoms with Crippen molar-refractivity contribution in [3.63, 3.8) is 0 Å². The number of carboxylic acid groups (broad SMARTS) is 1. The lowest BCUT2D eigenvalue weighted by Crippen LogP contribution is -2.47. The molecule has 2 bridgehead atoms. The average molecular weight is 784 g/mol. The van der Waals surface area contributed by atoms with Crippen molar-refractivity contribution in [1.29, 1.82) is 0 Å². The topological polar surface area (TPSA) is 197 Å². The SMILES string of the molecule is Cc1cnc(NC2CCOCC2)nc1-n1cnc(C(=O)N[C@H](CNC(=O)O[C@@H]2CCC[C@]3(C2)OOC2(CC4CC(C(=O)O)C2C4)O3)c2cc(F)cc(Cl)c2)c1. The van der Waals surface area contributed by atoms with Gasteiger partial charge in [0.15, 0.2) is 0 Å². The van der Waals surface area contributed by atoms with Crippen LogP contribution in [0.4, 0.5) is 15.1 Å². The molecule has 8 rings (SSSR count). The van der Waals surface area contributed by atoms with Crippen LogP contribution in [0.15, 0.2) is 36.9 Å². The summed E-state index contributed by atoms with van der Waals surface area (Å²) in [6, 6.07) is 3.12. The number of hydrogen-bond acceptors (Lipinski definition) is 12. The Hall–Kier alpha value is -4.42. The van der Waals surface area contributed by atoms with Crippen LogP contribution in [0.1, 0.15) is 85.4 Å². The highest BCUT2D eigenvalue weighted by molar-refractivity contribution is 6.30. The lowest BCUT2D eigenvalue weighted by molar-refractivity contribution is -0.365. The number of carboxylic acids is 1. The van der Waals surface area contributed by atoms with E-state index in [0.717, 1.165) is 24.5 Å². The Bertz CT molecular complexity index is 1930. The number of aryl methyl sites for hydroxylation is 1. The number of carbonyl (C=O) groups excluding carboxylic acids is 2. The van der Waals surface area contributed by atoms with Crippen LogP contribution < -0.4 is 16.0 Å². The Balaban J connectivity index is 0.909. The van der Waals surface area contributed by atoms with Crippen molar-refractivity contribution in [1.82, 2.24) is 30.2 Å². The van der Waals surface area contributed by atoms with Crippen LogP contribution in [0.5, 0.6) is 0 Å². The van der Waals surface area contributed by atoms with Crippen molar-refractivity contribution < 1.29 is 47.9 Å². The van der Waals surface area contributed by atoms with Gasteiger partial charge in [-0.25, -0.2) is 19.2 Å². The molecule has 55 heavy (non-hydrogen) atoms.